The van der Waals surface area contributed by atoms with Crippen LogP contribution in [-0.4, -0.2) is 45.8 Å². The van der Waals surface area contributed by atoms with Gasteiger partial charge in [0.15, 0.2) is 0 Å². The summed E-state index contributed by atoms with van der Waals surface area (Å²) in [7, 11) is 0. The number of hydrogen-bond acceptors (Lipinski definition) is 5. The minimum atomic E-state index is -0.780. The molecule has 1 fully saturated rings. The molecule has 0 radical (unpaired) electrons. The molecule has 6 nitrogen and oxygen atoms in total. The highest BCUT2D eigenvalue weighted by atomic mass is 16.4. The zero-order chi connectivity index (χ0) is 14.7. The number of carboxylic acids is 1. The third-order valence-corrected chi connectivity index (χ3v) is 3.76. The maximum atomic E-state index is 10.7. The maximum Gasteiger partial charge on any atom is 0.317 e. The summed E-state index contributed by atoms with van der Waals surface area (Å²) < 4.78 is 5.77. The molecule has 2 aromatic rings. The third kappa shape index (κ3) is 3.28. The Morgan fingerprint density at radius 2 is 1.95 bits per heavy atom. The van der Waals surface area contributed by atoms with Crippen LogP contribution in [-0.2, 0) is 4.79 Å². The fourth-order valence-corrected chi connectivity index (χ4v) is 2.63. The van der Waals surface area contributed by atoms with Crippen molar-refractivity contribution in [3.63, 3.8) is 0 Å². The lowest BCUT2D eigenvalue weighted by Crippen LogP contribution is -2.36. The summed E-state index contributed by atoms with van der Waals surface area (Å²) >= 11 is 0. The van der Waals surface area contributed by atoms with E-state index in [1.165, 1.54) is 0 Å². The van der Waals surface area contributed by atoms with E-state index in [-0.39, 0.29) is 12.5 Å². The summed E-state index contributed by atoms with van der Waals surface area (Å²) in [6.07, 6.45) is 1.70. The molecule has 0 bridgehead atoms. The van der Waals surface area contributed by atoms with E-state index in [0.29, 0.717) is 11.8 Å². The van der Waals surface area contributed by atoms with E-state index < -0.39 is 5.97 Å². The number of likely N-dealkylation sites (tertiary alicyclic amines) is 1. The fraction of sp³-hybridized carbons (Fsp3) is 0.400. The monoisotopic (exact) mass is 287 g/mol. The second kappa shape index (κ2) is 6.05. The number of nitrogens with zero attached hydrogens (tertiary/aromatic N) is 3. The van der Waals surface area contributed by atoms with Crippen LogP contribution in [0, 0.1) is 0 Å². The van der Waals surface area contributed by atoms with Crippen LogP contribution < -0.4 is 0 Å². The molecular weight excluding hydrogens is 270 g/mol. The number of benzene rings is 1. The lowest BCUT2D eigenvalue weighted by Gasteiger charge is -2.28. The number of carbonyl (C=O) groups is 1. The minimum Gasteiger partial charge on any atom is -0.480 e. The summed E-state index contributed by atoms with van der Waals surface area (Å²) in [6, 6.07) is 9.69. The second-order valence-electron chi connectivity index (χ2n) is 5.26. The Kier molecular flexibility index (Phi) is 3.96. The van der Waals surface area contributed by atoms with Gasteiger partial charge in [-0.3, -0.25) is 9.69 Å². The first kappa shape index (κ1) is 13.8. The number of aliphatic carboxylic acids is 1. The van der Waals surface area contributed by atoms with Crippen molar-refractivity contribution in [1.29, 1.82) is 0 Å². The predicted molar refractivity (Wildman–Crippen MR) is 75.8 cm³/mol. The van der Waals surface area contributed by atoms with Crippen molar-refractivity contribution in [2.45, 2.75) is 18.8 Å². The standard InChI is InChI=1S/C15H17N3O3/c19-13(20)10-18-8-6-12(7-9-18)15-17-16-14(21-15)11-4-2-1-3-5-11/h1-5,12H,6-10H2,(H,19,20). The third-order valence-electron chi connectivity index (χ3n) is 3.76. The minimum absolute atomic E-state index is 0.103. The largest absolute Gasteiger partial charge is 0.480 e. The number of piperidine rings is 1. The van der Waals surface area contributed by atoms with E-state index in [9.17, 15) is 4.79 Å². The van der Waals surface area contributed by atoms with Crippen molar-refractivity contribution in [3.8, 4) is 11.5 Å². The summed E-state index contributed by atoms with van der Waals surface area (Å²) in [4.78, 5) is 12.6. The average molecular weight is 287 g/mol. The average Bonchev–Trinajstić information content (AvgIpc) is 2.98. The fourth-order valence-electron chi connectivity index (χ4n) is 2.63. The summed E-state index contributed by atoms with van der Waals surface area (Å²) in [5, 5.41) is 17.1. The maximum absolute atomic E-state index is 10.7. The number of carboxylic acid groups (broad SMARTS) is 1. The molecule has 0 unspecified atom stereocenters. The SMILES string of the molecule is O=C(O)CN1CCC(c2nnc(-c3ccccc3)o2)CC1. The Hall–Kier alpha value is -2.21. The van der Waals surface area contributed by atoms with Gasteiger partial charge in [-0.1, -0.05) is 18.2 Å². The van der Waals surface area contributed by atoms with Crippen molar-refractivity contribution in [1.82, 2.24) is 15.1 Å². The predicted octanol–water partition coefficient (Wildman–Crippen LogP) is 2.00. The Morgan fingerprint density at radius 3 is 2.62 bits per heavy atom. The molecule has 0 atom stereocenters. The molecule has 1 aliphatic rings. The van der Waals surface area contributed by atoms with Crippen LogP contribution in [0.25, 0.3) is 11.5 Å². The first-order chi connectivity index (χ1) is 10.2. The van der Waals surface area contributed by atoms with Crippen LogP contribution in [0.1, 0.15) is 24.7 Å². The first-order valence-corrected chi connectivity index (χ1v) is 7.05. The number of rotatable bonds is 4. The molecule has 6 heteroatoms. The van der Waals surface area contributed by atoms with Crippen molar-refractivity contribution in [2.75, 3.05) is 19.6 Å². The first-order valence-electron chi connectivity index (χ1n) is 7.05. The lowest BCUT2D eigenvalue weighted by atomic mass is 9.97. The topological polar surface area (TPSA) is 79.5 Å². The molecule has 0 saturated carbocycles. The van der Waals surface area contributed by atoms with Crippen LogP contribution in [0.3, 0.4) is 0 Å². The van der Waals surface area contributed by atoms with Gasteiger partial charge in [0.25, 0.3) is 0 Å². The van der Waals surface area contributed by atoms with Gasteiger partial charge in [0, 0.05) is 11.5 Å². The molecule has 2 heterocycles. The molecule has 3 rings (SSSR count). The molecule has 110 valence electrons. The van der Waals surface area contributed by atoms with Crippen LogP contribution in [0.2, 0.25) is 0 Å². The zero-order valence-electron chi connectivity index (χ0n) is 11.6. The van der Waals surface area contributed by atoms with E-state index in [1.807, 2.05) is 35.2 Å². The van der Waals surface area contributed by atoms with E-state index in [0.717, 1.165) is 31.5 Å². The molecule has 1 aromatic carbocycles. The highest BCUT2D eigenvalue weighted by Crippen LogP contribution is 2.29. The number of hydrogen-bond donors (Lipinski definition) is 1. The van der Waals surface area contributed by atoms with Gasteiger partial charge >= 0.3 is 5.97 Å². The normalized spacial score (nSPS) is 17.0. The van der Waals surface area contributed by atoms with E-state index in [2.05, 4.69) is 10.2 Å². The van der Waals surface area contributed by atoms with E-state index >= 15 is 0 Å². The van der Waals surface area contributed by atoms with Crippen LogP contribution in [0.15, 0.2) is 34.7 Å². The highest BCUT2D eigenvalue weighted by Gasteiger charge is 2.26. The highest BCUT2D eigenvalue weighted by molar-refractivity contribution is 5.69. The number of aromatic nitrogens is 2. The Balaban J connectivity index is 1.64. The van der Waals surface area contributed by atoms with Crippen LogP contribution in [0.5, 0.6) is 0 Å². The summed E-state index contributed by atoms with van der Waals surface area (Å²) in [6.45, 7) is 1.60. The molecule has 0 spiro atoms. The van der Waals surface area contributed by atoms with Gasteiger partial charge in [-0.05, 0) is 38.1 Å². The Labute approximate surface area is 122 Å². The molecule has 0 aliphatic carbocycles. The molecule has 0 amide bonds. The van der Waals surface area contributed by atoms with Crippen molar-refractivity contribution in [3.05, 3.63) is 36.2 Å². The second-order valence-corrected chi connectivity index (χ2v) is 5.26. The smallest absolute Gasteiger partial charge is 0.317 e. The van der Waals surface area contributed by atoms with E-state index in [1.54, 1.807) is 0 Å². The van der Waals surface area contributed by atoms with Gasteiger partial charge in [0.1, 0.15) is 0 Å². The quantitative estimate of drug-likeness (QED) is 0.926. The lowest BCUT2D eigenvalue weighted by molar-refractivity contribution is -0.138. The van der Waals surface area contributed by atoms with Gasteiger partial charge in [-0.2, -0.15) is 0 Å². The summed E-state index contributed by atoms with van der Waals surface area (Å²) in [5.74, 6) is 0.639. The molecule has 1 saturated heterocycles. The molecule has 1 aliphatic heterocycles. The van der Waals surface area contributed by atoms with Gasteiger partial charge in [-0.15, -0.1) is 10.2 Å². The Bertz CT molecular complexity index is 604. The van der Waals surface area contributed by atoms with Crippen molar-refractivity contribution >= 4 is 5.97 Å². The van der Waals surface area contributed by atoms with Gasteiger partial charge in [0.2, 0.25) is 11.8 Å². The Morgan fingerprint density at radius 1 is 1.24 bits per heavy atom. The molecular formula is C15H17N3O3. The van der Waals surface area contributed by atoms with Crippen molar-refractivity contribution < 1.29 is 14.3 Å². The van der Waals surface area contributed by atoms with Gasteiger partial charge in [0.05, 0.1) is 6.54 Å². The zero-order valence-corrected chi connectivity index (χ0v) is 11.6. The van der Waals surface area contributed by atoms with Crippen molar-refractivity contribution in [2.24, 2.45) is 0 Å². The van der Waals surface area contributed by atoms with Gasteiger partial charge in [-0.25, -0.2) is 0 Å². The molecule has 1 aromatic heterocycles. The van der Waals surface area contributed by atoms with Gasteiger partial charge < -0.3 is 9.52 Å². The van der Waals surface area contributed by atoms with E-state index in [4.69, 9.17) is 9.52 Å². The molecule has 21 heavy (non-hydrogen) atoms. The van der Waals surface area contributed by atoms with Crippen LogP contribution >= 0.6 is 0 Å². The molecule has 1 N–H and O–H groups in total. The summed E-state index contributed by atoms with van der Waals surface area (Å²) in [5.41, 5.74) is 0.916. The van der Waals surface area contributed by atoms with Crippen LogP contribution in [0.4, 0.5) is 0 Å².